The Morgan fingerprint density at radius 2 is 2.38 bits per heavy atom. The number of aryl methyl sites for hydroxylation is 1. The van der Waals surface area contributed by atoms with E-state index < -0.39 is 5.97 Å². The fraction of sp³-hybridized carbons (Fsp3) is 0.200. The van der Waals surface area contributed by atoms with Gasteiger partial charge in [0.05, 0.1) is 19.0 Å². The average molecular weight is 237 g/mol. The predicted octanol–water partition coefficient (Wildman–Crippen LogP) is 1.52. The van der Waals surface area contributed by atoms with Gasteiger partial charge in [0.15, 0.2) is 0 Å². The van der Waals surface area contributed by atoms with Crippen LogP contribution >= 0.6 is 11.3 Å². The quantitative estimate of drug-likeness (QED) is 0.804. The van der Waals surface area contributed by atoms with Gasteiger partial charge in [-0.15, -0.1) is 11.3 Å². The van der Waals surface area contributed by atoms with E-state index >= 15 is 0 Å². The van der Waals surface area contributed by atoms with Crippen LogP contribution in [0.3, 0.4) is 0 Å². The Balaban J connectivity index is 2.41. The van der Waals surface area contributed by atoms with Crippen LogP contribution in [0.25, 0.3) is 10.4 Å². The van der Waals surface area contributed by atoms with Gasteiger partial charge in [0, 0.05) is 23.7 Å². The number of nitrogens with zero attached hydrogens (tertiary/aromatic N) is 2. The van der Waals surface area contributed by atoms with Gasteiger partial charge in [0.2, 0.25) is 0 Å². The number of thiophene rings is 1. The summed E-state index contributed by atoms with van der Waals surface area (Å²) in [6.45, 7) is 0. The molecule has 2 aromatic rings. The Hall–Kier alpha value is -1.82. The zero-order valence-corrected chi connectivity index (χ0v) is 9.75. The largest absolute Gasteiger partial charge is 0.465 e. The SMILES string of the molecule is COC(=O)c1sc(-c2cnn(C)c2)cc1N. The number of carbonyl (C=O) groups excluding carboxylic acids is 1. The Morgan fingerprint density at radius 1 is 1.62 bits per heavy atom. The fourth-order valence-electron chi connectivity index (χ4n) is 1.35. The number of hydrogen-bond donors (Lipinski definition) is 1. The van der Waals surface area contributed by atoms with Gasteiger partial charge in [-0.05, 0) is 6.07 Å². The van der Waals surface area contributed by atoms with E-state index in [9.17, 15) is 4.79 Å². The van der Waals surface area contributed by atoms with Gasteiger partial charge in [-0.3, -0.25) is 4.68 Å². The molecule has 2 heterocycles. The van der Waals surface area contributed by atoms with Gasteiger partial charge in [-0.2, -0.15) is 5.10 Å². The van der Waals surface area contributed by atoms with Crippen molar-refractivity contribution in [2.45, 2.75) is 0 Å². The molecule has 0 saturated carbocycles. The lowest BCUT2D eigenvalue weighted by atomic mass is 10.3. The minimum Gasteiger partial charge on any atom is -0.465 e. The van der Waals surface area contributed by atoms with Crippen molar-refractivity contribution in [3.8, 4) is 10.4 Å². The molecule has 0 radical (unpaired) electrons. The van der Waals surface area contributed by atoms with Crippen molar-refractivity contribution >= 4 is 23.0 Å². The molecule has 0 aliphatic carbocycles. The summed E-state index contributed by atoms with van der Waals surface area (Å²) in [5, 5.41) is 4.06. The second kappa shape index (κ2) is 3.97. The number of hydrogen-bond acceptors (Lipinski definition) is 5. The summed E-state index contributed by atoms with van der Waals surface area (Å²) in [5.41, 5.74) is 7.12. The molecule has 0 aliphatic heterocycles. The van der Waals surface area contributed by atoms with E-state index in [4.69, 9.17) is 5.73 Å². The van der Waals surface area contributed by atoms with Gasteiger partial charge in [0.25, 0.3) is 0 Å². The molecule has 0 aromatic carbocycles. The number of esters is 1. The van der Waals surface area contributed by atoms with E-state index in [2.05, 4.69) is 9.84 Å². The minimum atomic E-state index is -0.405. The third kappa shape index (κ3) is 1.79. The Kier molecular flexibility index (Phi) is 2.66. The van der Waals surface area contributed by atoms with Gasteiger partial charge < -0.3 is 10.5 Å². The highest BCUT2D eigenvalue weighted by Gasteiger charge is 2.16. The van der Waals surface area contributed by atoms with Crippen LogP contribution in [0.1, 0.15) is 9.67 Å². The topological polar surface area (TPSA) is 70.1 Å². The third-order valence-corrected chi connectivity index (χ3v) is 3.30. The fourth-order valence-corrected chi connectivity index (χ4v) is 2.32. The summed E-state index contributed by atoms with van der Waals surface area (Å²) in [5.74, 6) is -0.405. The Labute approximate surface area is 96.4 Å². The van der Waals surface area contributed by atoms with Crippen LogP contribution in [-0.4, -0.2) is 22.9 Å². The molecule has 0 amide bonds. The van der Waals surface area contributed by atoms with Crippen LogP contribution in [0.15, 0.2) is 18.5 Å². The maximum absolute atomic E-state index is 11.4. The molecule has 0 atom stereocenters. The first kappa shape index (κ1) is 10.7. The highest BCUT2D eigenvalue weighted by molar-refractivity contribution is 7.18. The van der Waals surface area contributed by atoms with E-state index in [-0.39, 0.29) is 0 Å². The van der Waals surface area contributed by atoms with E-state index in [0.717, 1.165) is 10.4 Å². The number of nitrogens with two attached hydrogens (primary N) is 1. The van der Waals surface area contributed by atoms with Gasteiger partial charge in [-0.1, -0.05) is 0 Å². The van der Waals surface area contributed by atoms with E-state index in [1.54, 1.807) is 16.9 Å². The van der Waals surface area contributed by atoms with Gasteiger partial charge in [-0.25, -0.2) is 4.79 Å². The molecule has 0 aliphatic rings. The van der Waals surface area contributed by atoms with Crippen LogP contribution in [-0.2, 0) is 11.8 Å². The molecule has 2 N–H and O–H groups in total. The molecular weight excluding hydrogens is 226 g/mol. The lowest BCUT2D eigenvalue weighted by Gasteiger charge is -1.94. The molecule has 5 nitrogen and oxygen atoms in total. The Morgan fingerprint density at radius 3 is 2.94 bits per heavy atom. The molecule has 6 heteroatoms. The number of carbonyl (C=O) groups is 1. The summed E-state index contributed by atoms with van der Waals surface area (Å²) in [6.07, 6.45) is 3.60. The molecule has 0 unspecified atom stereocenters. The zero-order valence-electron chi connectivity index (χ0n) is 8.93. The highest BCUT2D eigenvalue weighted by Crippen LogP contribution is 2.33. The first-order valence-corrected chi connectivity index (χ1v) is 5.40. The number of ether oxygens (including phenoxy) is 1. The molecule has 0 saturated heterocycles. The van der Waals surface area contributed by atoms with Crippen molar-refractivity contribution in [2.24, 2.45) is 7.05 Å². The van der Waals surface area contributed by atoms with Crippen molar-refractivity contribution in [1.82, 2.24) is 9.78 Å². The van der Waals surface area contributed by atoms with Crippen molar-refractivity contribution in [3.05, 3.63) is 23.3 Å². The number of nitrogen functional groups attached to an aromatic ring is 1. The second-order valence-corrected chi connectivity index (χ2v) is 4.34. The summed E-state index contributed by atoms with van der Waals surface area (Å²) in [6, 6.07) is 1.76. The normalized spacial score (nSPS) is 10.4. The highest BCUT2D eigenvalue weighted by atomic mass is 32.1. The average Bonchev–Trinajstić information content (AvgIpc) is 2.83. The number of anilines is 1. The van der Waals surface area contributed by atoms with Crippen molar-refractivity contribution < 1.29 is 9.53 Å². The maximum atomic E-state index is 11.4. The van der Waals surface area contributed by atoms with Crippen LogP contribution in [0.5, 0.6) is 0 Å². The monoisotopic (exact) mass is 237 g/mol. The van der Waals surface area contributed by atoms with Crippen LogP contribution in [0.4, 0.5) is 5.69 Å². The van der Waals surface area contributed by atoms with Crippen molar-refractivity contribution in [2.75, 3.05) is 12.8 Å². The smallest absolute Gasteiger partial charge is 0.350 e. The number of rotatable bonds is 2. The molecule has 16 heavy (non-hydrogen) atoms. The molecule has 2 aromatic heterocycles. The van der Waals surface area contributed by atoms with Gasteiger partial charge >= 0.3 is 5.97 Å². The third-order valence-electron chi connectivity index (χ3n) is 2.12. The molecule has 0 spiro atoms. The molecule has 2 rings (SSSR count). The lowest BCUT2D eigenvalue weighted by Crippen LogP contribution is -2.00. The van der Waals surface area contributed by atoms with E-state index in [1.165, 1.54) is 18.4 Å². The second-order valence-electron chi connectivity index (χ2n) is 3.29. The van der Waals surface area contributed by atoms with E-state index in [0.29, 0.717) is 10.6 Å². The lowest BCUT2D eigenvalue weighted by molar-refractivity contribution is 0.0607. The number of aromatic nitrogens is 2. The first-order valence-electron chi connectivity index (χ1n) is 4.58. The van der Waals surface area contributed by atoms with Crippen LogP contribution in [0.2, 0.25) is 0 Å². The standard InChI is InChI=1S/C10H11N3O2S/c1-13-5-6(4-12-13)8-3-7(11)9(16-8)10(14)15-2/h3-5H,11H2,1-2H3. The van der Waals surface area contributed by atoms with Crippen LogP contribution in [0, 0.1) is 0 Å². The number of methoxy groups -OCH3 is 1. The first-order chi connectivity index (χ1) is 7.61. The zero-order chi connectivity index (χ0) is 11.7. The summed E-state index contributed by atoms with van der Waals surface area (Å²) < 4.78 is 6.34. The van der Waals surface area contributed by atoms with Gasteiger partial charge in [0.1, 0.15) is 4.88 Å². The summed E-state index contributed by atoms with van der Waals surface area (Å²) >= 11 is 1.31. The summed E-state index contributed by atoms with van der Waals surface area (Å²) in [7, 11) is 3.17. The predicted molar refractivity (Wildman–Crippen MR) is 62.3 cm³/mol. The maximum Gasteiger partial charge on any atom is 0.350 e. The van der Waals surface area contributed by atoms with Crippen molar-refractivity contribution in [3.63, 3.8) is 0 Å². The van der Waals surface area contributed by atoms with Crippen LogP contribution < -0.4 is 5.73 Å². The Bertz CT molecular complexity index is 530. The summed E-state index contributed by atoms with van der Waals surface area (Å²) in [4.78, 5) is 12.7. The molecular formula is C10H11N3O2S. The van der Waals surface area contributed by atoms with E-state index in [1.807, 2.05) is 13.2 Å². The van der Waals surface area contributed by atoms with Crippen molar-refractivity contribution in [1.29, 1.82) is 0 Å². The molecule has 0 fully saturated rings. The molecule has 84 valence electrons. The minimum absolute atomic E-state index is 0.405. The molecule has 0 bridgehead atoms.